The van der Waals surface area contributed by atoms with Crippen molar-refractivity contribution in [3.05, 3.63) is 0 Å². The molecule has 0 aromatic heterocycles. The van der Waals surface area contributed by atoms with Gasteiger partial charge in [-0.05, 0) is 0 Å². The number of nitrogens with one attached hydrogen (secondary N) is 1. The minimum atomic E-state index is -1.45. The van der Waals surface area contributed by atoms with Crippen LogP contribution in [0.25, 0.3) is 0 Å². The molecule has 0 radical (unpaired) electrons. The molecule has 1 rings (SSSR count). The van der Waals surface area contributed by atoms with Gasteiger partial charge in [0.15, 0.2) is 5.72 Å². The van der Waals surface area contributed by atoms with Gasteiger partial charge in [-0.25, -0.2) is 0 Å². The SMILES string of the molecule is NCCN.NCCNC1(CO)OCC(O)C(O)C1O.[Ni+2]. The van der Waals surface area contributed by atoms with Crippen LogP contribution in [0.1, 0.15) is 0 Å². The molecule has 1 aliphatic heterocycles. The van der Waals surface area contributed by atoms with Gasteiger partial charge in [0.2, 0.25) is 0 Å². The van der Waals surface area contributed by atoms with Gasteiger partial charge < -0.3 is 42.4 Å². The maximum Gasteiger partial charge on any atom is 2.00 e. The minimum absolute atomic E-state index is 0. The van der Waals surface area contributed by atoms with Gasteiger partial charge in [0.25, 0.3) is 0 Å². The Balaban J connectivity index is 0. The van der Waals surface area contributed by atoms with Gasteiger partial charge in [-0.2, -0.15) is 0 Å². The summed E-state index contributed by atoms with van der Waals surface area (Å²) in [5.41, 5.74) is 13.6. The van der Waals surface area contributed by atoms with Crippen LogP contribution in [0.15, 0.2) is 0 Å². The zero-order valence-electron chi connectivity index (χ0n) is 11.2. The molecule has 124 valence electrons. The van der Waals surface area contributed by atoms with E-state index in [1.807, 2.05) is 0 Å². The van der Waals surface area contributed by atoms with Crippen LogP contribution >= 0.6 is 0 Å². The van der Waals surface area contributed by atoms with E-state index >= 15 is 0 Å². The fraction of sp³-hybridized carbons (Fsp3) is 1.00. The quantitative estimate of drug-likeness (QED) is 0.228. The molecule has 0 aliphatic carbocycles. The maximum absolute atomic E-state index is 9.69. The van der Waals surface area contributed by atoms with Crippen molar-refractivity contribution >= 4 is 0 Å². The first kappa shape index (κ1) is 22.4. The van der Waals surface area contributed by atoms with E-state index < -0.39 is 30.6 Å². The van der Waals surface area contributed by atoms with Crippen LogP contribution in [0.2, 0.25) is 0 Å². The molecular weight excluding hydrogens is 315 g/mol. The third-order valence-corrected chi connectivity index (χ3v) is 2.68. The van der Waals surface area contributed by atoms with Gasteiger partial charge in [0.1, 0.15) is 18.3 Å². The van der Waals surface area contributed by atoms with Crippen LogP contribution < -0.4 is 22.5 Å². The second-order valence-corrected chi connectivity index (χ2v) is 4.15. The van der Waals surface area contributed by atoms with E-state index in [4.69, 9.17) is 27.0 Å². The average Bonchev–Trinajstić information content (AvgIpc) is 2.45. The summed E-state index contributed by atoms with van der Waals surface area (Å²) >= 11 is 0. The van der Waals surface area contributed by atoms with Crippen molar-refractivity contribution in [2.45, 2.75) is 24.0 Å². The molecule has 20 heavy (non-hydrogen) atoms. The summed E-state index contributed by atoms with van der Waals surface area (Å²) in [5.74, 6) is 0. The summed E-state index contributed by atoms with van der Waals surface area (Å²) in [5, 5.41) is 40.2. The Morgan fingerprint density at radius 1 is 1.10 bits per heavy atom. The van der Waals surface area contributed by atoms with Gasteiger partial charge in [0, 0.05) is 26.2 Å². The summed E-state index contributed by atoms with van der Waals surface area (Å²) in [4.78, 5) is 0. The topological polar surface area (TPSA) is 180 Å². The molecule has 0 aromatic carbocycles. The van der Waals surface area contributed by atoms with Crippen LogP contribution in [0.4, 0.5) is 0 Å². The first-order valence-electron chi connectivity index (χ1n) is 6.13. The van der Waals surface area contributed by atoms with Crippen molar-refractivity contribution in [3.63, 3.8) is 0 Å². The van der Waals surface area contributed by atoms with E-state index in [0.29, 0.717) is 26.2 Å². The fourth-order valence-electron chi connectivity index (χ4n) is 1.54. The summed E-state index contributed by atoms with van der Waals surface area (Å²) in [6.45, 7) is 1.14. The first-order valence-corrected chi connectivity index (χ1v) is 6.13. The summed E-state index contributed by atoms with van der Waals surface area (Å²) in [7, 11) is 0. The standard InChI is InChI=1S/C8H18N2O5.C2H8N2.Ni/c9-1-2-10-8(4-11)7(14)6(13)5(12)3-15-8;3-1-2-4;/h5-7,10-14H,1-4,9H2;1-4H2;/q;;+2. The number of ether oxygens (including phenoxy) is 1. The third-order valence-electron chi connectivity index (χ3n) is 2.68. The van der Waals surface area contributed by atoms with E-state index in [1.165, 1.54) is 0 Å². The number of hydrogen-bond donors (Lipinski definition) is 8. The number of hydrogen-bond acceptors (Lipinski definition) is 9. The molecule has 0 spiro atoms. The van der Waals surface area contributed by atoms with Crippen molar-refractivity contribution in [1.82, 2.24) is 5.32 Å². The molecule has 11 N–H and O–H groups in total. The maximum atomic E-state index is 9.69. The van der Waals surface area contributed by atoms with Crippen molar-refractivity contribution in [2.75, 3.05) is 39.4 Å². The Morgan fingerprint density at radius 2 is 1.65 bits per heavy atom. The Labute approximate surface area is 128 Å². The Hall–Kier alpha value is 0.134. The van der Waals surface area contributed by atoms with E-state index in [9.17, 15) is 15.3 Å². The first-order chi connectivity index (χ1) is 8.98. The predicted octanol–water partition coefficient (Wildman–Crippen LogP) is -4.76. The van der Waals surface area contributed by atoms with Gasteiger partial charge >= 0.3 is 16.5 Å². The minimum Gasteiger partial charge on any atom is -0.392 e. The summed E-state index contributed by atoms with van der Waals surface area (Å²) < 4.78 is 5.14. The van der Waals surface area contributed by atoms with Crippen LogP contribution in [0, 0.1) is 0 Å². The van der Waals surface area contributed by atoms with Gasteiger partial charge in [-0.15, -0.1) is 0 Å². The Morgan fingerprint density at radius 3 is 2.05 bits per heavy atom. The van der Waals surface area contributed by atoms with Crippen molar-refractivity contribution in [3.8, 4) is 0 Å². The van der Waals surface area contributed by atoms with E-state index in [0.717, 1.165) is 0 Å². The van der Waals surface area contributed by atoms with Crippen LogP contribution in [0.3, 0.4) is 0 Å². The smallest absolute Gasteiger partial charge is 0.392 e. The van der Waals surface area contributed by atoms with Crippen molar-refractivity contribution < 1.29 is 41.7 Å². The largest absolute Gasteiger partial charge is 2.00 e. The predicted molar refractivity (Wildman–Crippen MR) is 69.0 cm³/mol. The number of nitrogens with two attached hydrogens (primary N) is 3. The van der Waals surface area contributed by atoms with Gasteiger partial charge in [-0.3, -0.25) is 5.32 Å². The summed E-state index contributed by atoms with van der Waals surface area (Å²) in [6, 6.07) is 0. The van der Waals surface area contributed by atoms with Crippen LogP contribution in [-0.2, 0) is 21.2 Å². The molecule has 0 saturated carbocycles. The molecule has 4 atom stereocenters. The molecule has 10 heteroatoms. The summed E-state index contributed by atoms with van der Waals surface area (Å²) in [6.07, 6.45) is -3.91. The second-order valence-electron chi connectivity index (χ2n) is 4.15. The molecular formula is C10H26N4NiO5+2. The normalized spacial score (nSPS) is 32.9. The van der Waals surface area contributed by atoms with E-state index in [-0.39, 0.29) is 23.1 Å². The average molecular weight is 341 g/mol. The molecule has 4 unspecified atom stereocenters. The molecule has 1 saturated heterocycles. The Kier molecular flexibility index (Phi) is 13.2. The molecule has 0 aromatic rings. The molecule has 1 aliphatic rings. The van der Waals surface area contributed by atoms with Crippen LogP contribution in [0.5, 0.6) is 0 Å². The second kappa shape index (κ2) is 11.8. The van der Waals surface area contributed by atoms with Gasteiger partial charge in [0.05, 0.1) is 13.2 Å². The third kappa shape index (κ3) is 6.27. The molecule has 0 amide bonds. The molecule has 1 heterocycles. The number of aliphatic hydroxyl groups is 4. The molecule has 9 nitrogen and oxygen atoms in total. The fourth-order valence-corrected chi connectivity index (χ4v) is 1.54. The Bertz CT molecular complexity index is 236. The monoisotopic (exact) mass is 340 g/mol. The van der Waals surface area contributed by atoms with E-state index in [2.05, 4.69) is 5.32 Å². The number of aliphatic hydroxyl groups excluding tert-OH is 4. The molecule has 1 fully saturated rings. The van der Waals surface area contributed by atoms with Crippen molar-refractivity contribution in [1.29, 1.82) is 0 Å². The van der Waals surface area contributed by atoms with Gasteiger partial charge in [-0.1, -0.05) is 0 Å². The van der Waals surface area contributed by atoms with Crippen LogP contribution in [-0.4, -0.2) is 83.9 Å². The van der Waals surface area contributed by atoms with Crippen molar-refractivity contribution in [2.24, 2.45) is 17.2 Å². The van der Waals surface area contributed by atoms with E-state index in [1.54, 1.807) is 0 Å². The zero-order chi connectivity index (χ0) is 14.9. The molecule has 0 bridgehead atoms. The zero-order valence-corrected chi connectivity index (χ0v) is 12.2. The number of rotatable bonds is 5.